The SMILES string of the molecule is CC/C=C\C/C=C\C/C=C\C/C=C\C/C=C\CCCCCCCCCCCCCC(=O)OC(COC(=O)CCCCCCCCCCCCCCCCCCCCCCC/C=C\CCCCCCCCCC)COC(OCC[N+](C)(C)C)C(=O)[O-]. The predicted octanol–water partition coefficient (Wildman–Crippen LogP) is 21.1. The van der Waals surface area contributed by atoms with Gasteiger partial charge in [0.15, 0.2) is 12.4 Å². The Morgan fingerprint density at radius 1 is 0.365 bits per heavy atom. The zero-order valence-electron chi connectivity index (χ0n) is 56.5. The molecule has 0 N–H and O–H groups in total. The van der Waals surface area contributed by atoms with Gasteiger partial charge in [0.2, 0.25) is 0 Å². The molecule has 9 heteroatoms. The first-order valence-electron chi connectivity index (χ1n) is 36.1. The number of likely N-dealkylation sites (N-methyl/N-ethyl adjacent to an activating group) is 1. The van der Waals surface area contributed by atoms with E-state index in [9.17, 15) is 19.5 Å². The van der Waals surface area contributed by atoms with Gasteiger partial charge in [-0.1, -0.05) is 311 Å². The highest BCUT2D eigenvalue weighted by molar-refractivity contribution is 5.70. The third-order valence-electron chi connectivity index (χ3n) is 15.9. The van der Waals surface area contributed by atoms with E-state index in [-0.39, 0.29) is 32.2 Å². The van der Waals surface area contributed by atoms with Crippen LogP contribution < -0.4 is 5.11 Å². The molecule has 0 aliphatic heterocycles. The zero-order valence-corrected chi connectivity index (χ0v) is 56.5. The number of quaternary nitrogens is 1. The highest BCUT2D eigenvalue weighted by Gasteiger charge is 2.22. The van der Waals surface area contributed by atoms with E-state index in [0.717, 1.165) is 77.0 Å². The number of carbonyl (C=O) groups is 3. The fraction of sp³-hybridized carbons (Fsp3) is 0.803. The molecule has 494 valence electrons. The molecule has 0 spiro atoms. The minimum atomic E-state index is -1.62. The van der Waals surface area contributed by atoms with Crippen LogP contribution in [0.5, 0.6) is 0 Å². The number of allylic oxidation sites excluding steroid dienone is 12. The van der Waals surface area contributed by atoms with Gasteiger partial charge in [-0.2, -0.15) is 0 Å². The first kappa shape index (κ1) is 81.7. The zero-order chi connectivity index (χ0) is 61.9. The summed E-state index contributed by atoms with van der Waals surface area (Å²) in [5.41, 5.74) is 0. The molecule has 85 heavy (non-hydrogen) atoms. The average Bonchev–Trinajstić information content (AvgIpc) is 3.48. The Hall–Kier alpha value is -3.27. The lowest BCUT2D eigenvalue weighted by molar-refractivity contribution is -0.870. The molecule has 0 rings (SSSR count). The Labute approximate surface area is 526 Å². The maximum Gasteiger partial charge on any atom is 0.306 e. The summed E-state index contributed by atoms with van der Waals surface area (Å²) in [6.07, 6.45) is 85.7. The summed E-state index contributed by atoms with van der Waals surface area (Å²) in [5.74, 6) is -2.27. The van der Waals surface area contributed by atoms with E-state index in [1.54, 1.807) is 0 Å². The maximum atomic E-state index is 12.9. The van der Waals surface area contributed by atoms with Gasteiger partial charge in [-0.3, -0.25) is 9.59 Å². The first-order chi connectivity index (χ1) is 41.6. The third kappa shape index (κ3) is 68.1. The van der Waals surface area contributed by atoms with Gasteiger partial charge < -0.3 is 33.3 Å². The second-order valence-corrected chi connectivity index (χ2v) is 25.5. The van der Waals surface area contributed by atoms with Crippen molar-refractivity contribution in [2.75, 3.05) is 47.5 Å². The van der Waals surface area contributed by atoms with Crippen molar-refractivity contribution >= 4 is 17.9 Å². The van der Waals surface area contributed by atoms with Crippen molar-refractivity contribution in [2.24, 2.45) is 0 Å². The topological polar surface area (TPSA) is 111 Å². The molecule has 0 aromatic heterocycles. The van der Waals surface area contributed by atoms with Crippen molar-refractivity contribution < 1.29 is 42.9 Å². The molecule has 0 fully saturated rings. The van der Waals surface area contributed by atoms with Gasteiger partial charge in [0.05, 0.1) is 40.3 Å². The lowest BCUT2D eigenvalue weighted by Crippen LogP contribution is -2.44. The van der Waals surface area contributed by atoms with Crippen molar-refractivity contribution in [3.63, 3.8) is 0 Å². The van der Waals surface area contributed by atoms with E-state index in [0.29, 0.717) is 23.9 Å². The minimum Gasteiger partial charge on any atom is -0.545 e. The fourth-order valence-corrected chi connectivity index (χ4v) is 10.4. The van der Waals surface area contributed by atoms with Crippen molar-refractivity contribution in [2.45, 2.75) is 347 Å². The van der Waals surface area contributed by atoms with Crippen LogP contribution in [-0.2, 0) is 33.3 Å². The number of carboxylic acids is 1. The maximum absolute atomic E-state index is 12.9. The summed E-state index contributed by atoms with van der Waals surface area (Å²) < 4.78 is 22.8. The highest BCUT2D eigenvalue weighted by atomic mass is 16.7. The molecule has 0 bridgehead atoms. The van der Waals surface area contributed by atoms with Crippen molar-refractivity contribution in [1.82, 2.24) is 0 Å². The van der Waals surface area contributed by atoms with Crippen molar-refractivity contribution in [3.8, 4) is 0 Å². The Balaban J connectivity index is 4.06. The lowest BCUT2D eigenvalue weighted by Gasteiger charge is -2.26. The monoisotopic (exact) mass is 1190 g/mol. The molecule has 0 radical (unpaired) electrons. The van der Waals surface area contributed by atoms with E-state index < -0.39 is 24.3 Å². The van der Waals surface area contributed by atoms with Crippen LogP contribution >= 0.6 is 0 Å². The Bertz CT molecular complexity index is 1620. The van der Waals surface area contributed by atoms with Crippen molar-refractivity contribution in [1.29, 1.82) is 0 Å². The van der Waals surface area contributed by atoms with Crippen LogP contribution in [0.15, 0.2) is 72.9 Å². The minimum absolute atomic E-state index is 0.146. The lowest BCUT2D eigenvalue weighted by atomic mass is 10.0. The summed E-state index contributed by atoms with van der Waals surface area (Å²) in [4.78, 5) is 37.5. The smallest absolute Gasteiger partial charge is 0.306 e. The van der Waals surface area contributed by atoms with E-state index in [2.05, 4.69) is 86.8 Å². The van der Waals surface area contributed by atoms with E-state index in [1.807, 2.05) is 21.1 Å². The molecule has 2 atom stereocenters. The quantitative estimate of drug-likeness (QED) is 0.0195. The number of hydrogen-bond acceptors (Lipinski definition) is 8. The van der Waals surface area contributed by atoms with Gasteiger partial charge in [-0.25, -0.2) is 0 Å². The Morgan fingerprint density at radius 2 is 0.671 bits per heavy atom. The Kier molecular flexibility index (Phi) is 64.1. The molecule has 2 unspecified atom stereocenters. The molecule has 0 amide bonds. The number of carboxylic acid groups (broad SMARTS) is 1. The van der Waals surface area contributed by atoms with E-state index in [4.69, 9.17) is 18.9 Å². The second-order valence-electron chi connectivity index (χ2n) is 25.5. The molecular weight excluding hydrogens is 1050 g/mol. The normalized spacial score (nSPS) is 13.1. The van der Waals surface area contributed by atoms with Crippen LogP contribution in [0, 0.1) is 0 Å². The van der Waals surface area contributed by atoms with Gasteiger partial charge in [-0.15, -0.1) is 0 Å². The molecule has 0 saturated carbocycles. The highest BCUT2D eigenvalue weighted by Crippen LogP contribution is 2.18. The summed E-state index contributed by atoms with van der Waals surface area (Å²) in [6, 6.07) is 0. The van der Waals surface area contributed by atoms with Crippen LogP contribution in [-0.4, -0.2) is 82.3 Å². The van der Waals surface area contributed by atoms with Crippen LogP contribution in [0.2, 0.25) is 0 Å². The van der Waals surface area contributed by atoms with E-state index in [1.165, 1.54) is 225 Å². The fourth-order valence-electron chi connectivity index (χ4n) is 10.4. The van der Waals surface area contributed by atoms with Gasteiger partial charge in [0.25, 0.3) is 0 Å². The van der Waals surface area contributed by atoms with Crippen LogP contribution in [0.25, 0.3) is 0 Å². The number of aliphatic carboxylic acids is 1. The molecule has 0 aromatic carbocycles. The molecule has 9 nitrogen and oxygen atoms in total. The average molecular weight is 1190 g/mol. The van der Waals surface area contributed by atoms with Gasteiger partial charge in [0, 0.05) is 12.8 Å². The largest absolute Gasteiger partial charge is 0.545 e. The van der Waals surface area contributed by atoms with Gasteiger partial charge >= 0.3 is 11.9 Å². The van der Waals surface area contributed by atoms with Crippen LogP contribution in [0.4, 0.5) is 0 Å². The molecule has 0 aliphatic carbocycles. The molecule has 0 saturated heterocycles. The number of hydrogen-bond donors (Lipinski definition) is 0. The molecule has 0 aliphatic rings. The van der Waals surface area contributed by atoms with Gasteiger partial charge in [0.1, 0.15) is 13.2 Å². The summed E-state index contributed by atoms with van der Waals surface area (Å²) >= 11 is 0. The van der Waals surface area contributed by atoms with E-state index >= 15 is 0 Å². The molecule has 0 heterocycles. The molecular formula is C76H137NO8. The van der Waals surface area contributed by atoms with Gasteiger partial charge in [-0.05, 0) is 83.5 Å². The summed E-state index contributed by atoms with van der Waals surface area (Å²) in [7, 11) is 5.94. The number of unbranched alkanes of at least 4 members (excludes halogenated alkanes) is 40. The number of esters is 2. The number of ether oxygens (including phenoxy) is 4. The summed E-state index contributed by atoms with van der Waals surface area (Å²) in [6.45, 7) is 4.68. The second kappa shape index (κ2) is 66.7. The number of nitrogens with zero attached hydrogens (tertiary/aromatic N) is 1. The standard InChI is InChI=1S/C76H137NO8/c1-6-8-10-12-14-16-18-20-22-24-26-28-30-32-34-35-36-37-38-39-41-42-44-46-48-50-52-54-56-58-60-62-64-66-73(78)83-70-72(71-84-76(75(80)81)82-69-68-77(3,4)5)85-74(79)67-65-63-61-59-57-55-53-51-49-47-45-43-40-33-31-29-27-25-23-21-19-17-15-13-11-9-7-2/h9,11,15,17,21,23-24,26-27,29,33,40,72,76H,6-8,10,12-14,16,18-20,22,25,28,30-32,34-39,41-71H2,1-5H3/b11-9-,17-15-,23-21-,26-24-,29-27-,40-33-. The van der Waals surface area contributed by atoms with Crippen LogP contribution in [0.1, 0.15) is 335 Å². The summed E-state index contributed by atoms with van der Waals surface area (Å²) in [5, 5.41) is 11.8. The third-order valence-corrected chi connectivity index (χ3v) is 15.9. The number of carbonyl (C=O) groups excluding carboxylic acids is 3. The predicted molar refractivity (Wildman–Crippen MR) is 361 cm³/mol. The van der Waals surface area contributed by atoms with Crippen LogP contribution in [0.3, 0.4) is 0 Å². The first-order valence-corrected chi connectivity index (χ1v) is 36.1. The molecule has 0 aromatic rings. The number of rotatable bonds is 67. The van der Waals surface area contributed by atoms with Crippen molar-refractivity contribution in [3.05, 3.63) is 72.9 Å². The Morgan fingerprint density at radius 3 is 1.01 bits per heavy atom.